The van der Waals surface area contributed by atoms with Crippen LogP contribution in [0.2, 0.25) is 0 Å². The summed E-state index contributed by atoms with van der Waals surface area (Å²) in [7, 11) is 1.39. The van der Waals surface area contributed by atoms with Crippen molar-refractivity contribution in [1.82, 2.24) is 4.90 Å². The number of esters is 1. The van der Waals surface area contributed by atoms with Gasteiger partial charge in [-0.25, -0.2) is 0 Å². The quantitative estimate of drug-likeness (QED) is 0.727. The van der Waals surface area contributed by atoms with Gasteiger partial charge in [-0.1, -0.05) is 0 Å². The number of hydrogen-bond acceptors (Lipinski definition) is 4. The van der Waals surface area contributed by atoms with Crippen molar-refractivity contribution in [1.29, 1.82) is 0 Å². The molecule has 2 rings (SSSR count). The Hall–Kier alpha value is -1.78. The first kappa shape index (κ1) is 11.7. The Balaban J connectivity index is 1.91. The predicted octanol–water partition coefficient (Wildman–Crippen LogP) is 1.30. The van der Waals surface area contributed by atoms with Crippen molar-refractivity contribution in [2.45, 2.75) is 12.8 Å². The van der Waals surface area contributed by atoms with Crippen molar-refractivity contribution in [3.05, 3.63) is 24.2 Å². The molecule has 0 N–H and O–H groups in total. The van der Waals surface area contributed by atoms with E-state index in [-0.39, 0.29) is 17.8 Å². The number of rotatable bonds is 2. The summed E-state index contributed by atoms with van der Waals surface area (Å²) in [4.78, 5) is 25.0. The molecule has 1 aromatic rings. The van der Waals surface area contributed by atoms with E-state index < -0.39 is 0 Å². The molecule has 0 aromatic carbocycles. The van der Waals surface area contributed by atoms with Gasteiger partial charge in [0.25, 0.3) is 5.91 Å². The summed E-state index contributed by atoms with van der Waals surface area (Å²) in [5.41, 5.74) is 0.557. The monoisotopic (exact) mass is 237 g/mol. The highest BCUT2D eigenvalue weighted by molar-refractivity contribution is 5.94. The molecule has 0 saturated carbocycles. The van der Waals surface area contributed by atoms with Crippen LogP contribution >= 0.6 is 0 Å². The second-order valence-electron chi connectivity index (χ2n) is 4.10. The van der Waals surface area contributed by atoms with Crippen LogP contribution in [0.15, 0.2) is 23.0 Å². The second-order valence-corrected chi connectivity index (χ2v) is 4.10. The van der Waals surface area contributed by atoms with E-state index in [1.807, 2.05) is 0 Å². The number of carbonyl (C=O) groups excluding carboxylic acids is 2. The first-order valence-corrected chi connectivity index (χ1v) is 5.61. The second kappa shape index (κ2) is 5.03. The molecular formula is C12H15NO4. The Morgan fingerprint density at radius 2 is 2.12 bits per heavy atom. The van der Waals surface area contributed by atoms with E-state index >= 15 is 0 Å². The summed E-state index contributed by atoms with van der Waals surface area (Å²) in [5, 5.41) is 0. The van der Waals surface area contributed by atoms with Crippen molar-refractivity contribution in [3.8, 4) is 0 Å². The van der Waals surface area contributed by atoms with Crippen LogP contribution < -0.4 is 0 Å². The van der Waals surface area contributed by atoms with Crippen LogP contribution in [-0.2, 0) is 9.53 Å². The Morgan fingerprint density at radius 3 is 2.65 bits per heavy atom. The van der Waals surface area contributed by atoms with Gasteiger partial charge in [0, 0.05) is 13.1 Å². The van der Waals surface area contributed by atoms with E-state index in [1.54, 1.807) is 11.0 Å². The molecule has 1 fully saturated rings. The number of furan rings is 1. The van der Waals surface area contributed by atoms with Crippen molar-refractivity contribution in [2.75, 3.05) is 20.2 Å². The molecule has 5 nitrogen and oxygen atoms in total. The van der Waals surface area contributed by atoms with Crippen molar-refractivity contribution in [3.63, 3.8) is 0 Å². The van der Waals surface area contributed by atoms with Crippen LogP contribution in [0.1, 0.15) is 23.2 Å². The largest absolute Gasteiger partial charge is 0.472 e. The zero-order chi connectivity index (χ0) is 12.3. The lowest BCUT2D eigenvalue weighted by Crippen LogP contribution is -2.40. The third-order valence-corrected chi connectivity index (χ3v) is 3.08. The molecule has 0 spiro atoms. The SMILES string of the molecule is COC(=O)C1CCN(C(=O)c2ccoc2)CC1. The smallest absolute Gasteiger partial charge is 0.308 e. The fourth-order valence-electron chi connectivity index (χ4n) is 2.05. The van der Waals surface area contributed by atoms with Crippen LogP contribution in [-0.4, -0.2) is 37.0 Å². The molecule has 92 valence electrons. The van der Waals surface area contributed by atoms with E-state index in [9.17, 15) is 9.59 Å². The third-order valence-electron chi connectivity index (χ3n) is 3.08. The van der Waals surface area contributed by atoms with E-state index in [0.717, 1.165) is 0 Å². The zero-order valence-corrected chi connectivity index (χ0v) is 9.72. The average molecular weight is 237 g/mol. The summed E-state index contributed by atoms with van der Waals surface area (Å²) in [6, 6.07) is 1.65. The summed E-state index contributed by atoms with van der Waals surface area (Å²) < 4.78 is 9.58. The van der Waals surface area contributed by atoms with Gasteiger partial charge in [-0.15, -0.1) is 0 Å². The highest BCUT2D eigenvalue weighted by atomic mass is 16.5. The summed E-state index contributed by atoms with van der Waals surface area (Å²) in [6.07, 6.45) is 4.25. The Morgan fingerprint density at radius 1 is 1.41 bits per heavy atom. The van der Waals surface area contributed by atoms with Crippen molar-refractivity contribution < 1.29 is 18.7 Å². The minimum Gasteiger partial charge on any atom is -0.472 e. The van der Waals surface area contributed by atoms with Gasteiger partial charge in [-0.05, 0) is 18.9 Å². The van der Waals surface area contributed by atoms with Crippen molar-refractivity contribution in [2.24, 2.45) is 5.92 Å². The first-order chi connectivity index (χ1) is 8.22. The van der Waals surface area contributed by atoms with Gasteiger partial charge in [-0.2, -0.15) is 0 Å². The minimum atomic E-state index is -0.180. The Kier molecular flexibility index (Phi) is 3.46. The lowest BCUT2D eigenvalue weighted by molar-refractivity contribution is -0.146. The number of carbonyl (C=O) groups is 2. The first-order valence-electron chi connectivity index (χ1n) is 5.61. The third kappa shape index (κ3) is 2.49. The lowest BCUT2D eigenvalue weighted by Gasteiger charge is -2.30. The maximum absolute atomic E-state index is 12.0. The number of hydrogen-bond donors (Lipinski definition) is 0. The van der Waals surface area contributed by atoms with Gasteiger partial charge in [0.15, 0.2) is 0 Å². The predicted molar refractivity (Wildman–Crippen MR) is 59.4 cm³/mol. The Bertz CT molecular complexity index is 391. The van der Waals surface area contributed by atoms with Gasteiger partial charge in [0.05, 0.1) is 24.9 Å². The van der Waals surface area contributed by atoms with Crippen LogP contribution in [0.4, 0.5) is 0 Å². The molecule has 1 saturated heterocycles. The van der Waals surface area contributed by atoms with Gasteiger partial charge in [0.1, 0.15) is 6.26 Å². The molecular weight excluding hydrogens is 222 g/mol. The lowest BCUT2D eigenvalue weighted by atomic mass is 9.97. The molecule has 0 atom stereocenters. The van der Waals surface area contributed by atoms with Crippen LogP contribution in [0.3, 0.4) is 0 Å². The standard InChI is InChI=1S/C12H15NO4/c1-16-12(15)9-2-5-13(6-3-9)11(14)10-4-7-17-8-10/h4,7-9H,2-3,5-6H2,1H3. The summed E-state index contributed by atoms with van der Waals surface area (Å²) >= 11 is 0. The molecule has 5 heteroatoms. The van der Waals surface area contributed by atoms with E-state index in [1.165, 1.54) is 19.6 Å². The molecule has 1 amide bonds. The topological polar surface area (TPSA) is 59.8 Å². The molecule has 0 radical (unpaired) electrons. The molecule has 1 aromatic heterocycles. The highest BCUT2D eigenvalue weighted by Gasteiger charge is 2.28. The number of likely N-dealkylation sites (tertiary alicyclic amines) is 1. The molecule has 2 heterocycles. The normalized spacial score (nSPS) is 16.9. The van der Waals surface area contributed by atoms with Crippen LogP contribution in [0.5, 0.6) is 0 Å². The summed E-state index contributed by atoms with van der Waals surface area (Å²) in [6.45, 7) is 1.17. The molecule has 17 heavy (non-hydrogen) atoms. The molecule has 0 bridgehead atoms. The van der Waals surface area contributed by atoms with E-state index in [0.29, 0.717) is 31.5 Å². The van der Waals surface area contributed by atoms with Crippen LogP contribution in [0, 0.1) is 5.92 Å². The van der Waals surface area contributed by atoms with Crippen LogP contribution in [0.25, 0.3) is 0 Å². The number of ether oxygens (including phenoxy) is 1. The van der Waals surface area contributed by atoms with E-state index in [4.69, 9.17) is 9.15 Å². The number of methoxy groups -OCH3 is 1. The highest BCUT2D eigenvalue weighted by Crippen LogP contribution is 2.20. The van der Waals surface area contributed by atoms with Gasteiger partial charge in [-0.3, -0.25) is 9.59 Å². The number of piperidine rings is 1. The van der Waals surface area contributed by atoms with Gasteiger partial charge >= 0.3 is 5.97 Å². The average Bonchev–Trinajstić information content (AvgIpc) is 2.91. The van der Waals surface area contributed by atoms with Gasteiger partial charge in [0.2, 0.25) is 0 Å². The van der Waals surface area contributed by atoms with Gasteiger partial charge < -0.3 is 14.1 Å². The Labute approximate surface area is 99.3 Å². The maximum atomic E-state index is 12.0. The molecule has 1 aliphatic heterocycles. The van der Waals surface area contributed by atoms with E-state index in [2.05, 4.69) is 0 Å². The maximum Gasteiger partial charge on any atom is 0.308 e. The molecule has 1 aliphatic rings. The molecule has 0 aliphatic carbocycles. The molecule has 0 unspecified atom stereocenters. The minimum absolute atomic E-state index is 0.0398. The fraction of sp³-hybridized carbons (Fsp3) is 0.500. The van der Waals surface area contributed by atoms with Crippen molar-refractivity contribution >= 4 is 11.9 Å². The number of amides is 1. The zero-order valence-electron chi connectivity index (χ0n) is 9.72. The fourth-order valence-corrected chi connectivity index (χ4v) is 2.05. The summed E-state index contributed by atoms with van der Waals surface area (Å²) in [5.74, 6) is -0.295. The number of nitrogens with zero attached hydrogens (tertiary/aromatic N) is 1.